The second-order valence-corrected chi connectivity index (χ2v) is 8.54. The van der Waals surface area contributed by atoms with Gasteiger partial charge in [-0.15, -0.1) is 0 Å². The number of amides is 2. The molecule has 2 N–H and O–H groups in total. The molecule has 0 radical (unpaired) electrons. The van der Waals surface area contributed by atoms with Crippen LogP contribution in [0.1, 0.15) is 49.7 Å². The molecule has 4 saturated carbocycles. The highest BCUT2D eigenvalue weighted by atomic mass is 16.2. The summed E-state index contributed by atoms with van der Waals surface area (Å²) >= 11 is 0. The largest absolute Gasteiger partial charge is 0.337 e. The minimum Gasteiger partial charge on any atom is -0.337 e. The summed E-state index contributed by atoms with van der Waals surface area (Å²) in [6.07, 6.45) is 8.37. The Morgan fingerprint density at radius 3 is 2.26 bits per heavy atom. The van der Waals surface area contributed by atoms with Crippen molar-refractivity contribution in [2.45, 2.75) is 52.4 Å². The average Bonchev–Trinajstić information content (AvgIpc) is 2.47. The molecule has 0 atom stereocenters. The molecule has 1 aromatic carbocycles. The minimum atomic E-state index is -0.0484. The zero-order valence-corrected chi connectivity index (χ0v) is 14.3. The highest BCUT2D eigenvalue weighted by Gasteiger charge is 2.50. The first-order chi connectivity index (χ1) is 11.0. The van der Waals surface area contributed by atoms with E-state index in [-0.39, 0.29) is 6.03 Å². The number of anilines is 1. The number of benzene rings is 1. The molecule has 2 amide bonds. The summed E-state index contributed by atoms with van der Waals surface area (Å²) in [5.41, 5.74) is 3.66. The topological polar surface area (TPSA) is 41.1 Å². The lowest BCUT2D eigenvalue weighted by Crippen LogP contribution is -2.51. The Morgan fingerprint density at radius 2 is 1.70 bits per heavy atom. The third-order valence-corrected chi connectivity index (χ3v) is 6.42. The molecule has 3 nitrogen and oxygen atoms in total. The molecule has 1 aromatic rings. The SMILES string of the molecule is Cc1ccc(NC(=O)NCC23CC4CC(CC(C4)C2)C3)c(C)c1. The van der Waals surface area contributed by atoms with Gasteiger partial charge in [-0.05, 0) is 87.2 Å². The second kappa shape index (κ2) is 5.54. The Bertz CT molecular complexity index is 587. The Morgan fingerprint density at radius 1 is 1.09 bits per heavy atom. The predicted octanol–water partition coefficient (Wildman–Crippen LogP) is 4.64. The Labute approximate surface area is 139 Å². The molecule has 124 valence electrons. The van der Waals surface area contributed by atoms with Gasteiger partial charge in [-0.3, -0.25) is 0 Å². The number of carbonyl (C=O) groups excluding carboxylic acids is 1. The molecule has 23 heavy (non-hydrogen) atoms. The molecule has 4 aliphatic rings. The highest BCUT2D eigenvalue weighted by molar-refractivity contribution is 5.90. The Balaban J connectivity index is 1.36. The van der Waals surface area contributed by atoms with E-state index in [0.717, 1.165) is 35.5 Å². The van der Waals surface area contributed by atoms with Crippen molar-refractivity contribution in [2.24, 2.45) is 23.2 Å². The number of carbonyl (C=O) groups is 1. The van der Waals surface area contributed by atoms with Gasteiger partial charge in [0, 0.05) is 12.2 Å². The number of nitrogens with one attached hydrogen (secondary N) is 2. The lowest BCUT2D eigenvalue weighted by molar-refractivity contribution is -0.0496. The van der Waals surface area contributed by atoms with E-state index in [1.165, 1.54) is 44.1 Å². The van der Waals surface area contributed by atoms with Crippen LogP contribution in [0.25, 0.3) is 0 Å². The second-order valence-electron chi connectivity index (χ2n) is 8.54. The van der Waals surface area contributed by atoms with Crippen LogP contribution in [-0.4, -0.2) is 12.6 Å². The van der Waals surface area contributed by atoms with Crippen LogP contribution in [-0.2, 0) is 0 Å². The van der Waals surface area contributed by atoms with Crippen molar-refractivity contribution in [3.05, 3.63) is 29.3 Å². The van der Waals surface area contributed by atoms with Gasteiger partial charge in [-0.1, -0.05) is 17.7 Å². The lowest BCUT2D eigenvalue weighted by atomic mass is 9.49. The summed E-state index contributed by atoms with van der Waals surface area (Å²) in [6, 6.07) is 6.10. The molecule has 0 unspecified atom stereocenters. The van der Waals surface area contributed by atoms with Gasteiger partial charge in [0.2, 0.25) is 0 Å². The molecule has 3 heteroatoms. The zero-order chi connectivity index (χ0) is 16.0. The van der Waals surface area contributed by atoms with Crippen molar-refractivity contribution in [3.63, 3.8) is 0 Å². The maximum atomic E-state index is 12.3. The van der Waals surface area contributed by atoms with E-state index in [9.17, 15) is 4.79 Å². The molecule has 0 spiro atoms. The standard InChI is InChI=1S/C20H28N2O/c1-13-3-4-18(14(2)5-13)22-19(23)21-12-20-9-15-6-16(10-20)8-17(7-15)11-20/h3-5,15-17H,6-12H2,1-2H3,(H2,21,22,23). The van der Waals surface area contributed by atoms with Crippen molar-refractivity contribution in [1.82, 2.24) is 5.32 Å². The Hall–Kier alpha value is -1.51. The molecule has 0 heterocycles. The molecule has 5 rings (SSSR count). The van der Waals surface area contributed by atoms with E-state index in [2.05, 4.69) is 23.6 Å². The predicted molar refractivity (Wildman–Crippen MR) is 93.5 cm³/mol. The Kier molecular flexibility index (Phi) is 3.62. The van der Waals surface area contributed by atoms with Crippen LogP contribution >= 0.6 is 0 Å². The van der Waals surface area contributed by atoms with E-state index in [0.29, 0.717) is 5.41 Å². The number of aryl methyl sites for hydroxylation is 2. The van der Waals surface area contributed by atoms with Gasteiger partial charge >= 0.3 is 6.03 Å². The van der Waals surface area contributed by atoms with E-state index < -0.39 is 0 Å². The lowest BCUT2D eigenvalue weighted by Gasteiger charge is -2.56. The third kappa shape index (κ3) is 2.98. The van der Waals surface area contributed by atoms with E-state index in [4.69, 9.17) is 0 Å². The van der Waals surface area contributed by atoms with Gasteiger partial charge in [0.15, 0.2) is 0 Å². The molecule has 0 aliphatic heterocycles. The van der Waals surface area contributed by atoms with Crippen LogP contribution in [0.2, 0.25) is 0 Å². The normalized spacial score (nSPS) is 34.4. The molecule has 4 fully saturated rings. The smallest absolute Gasteiger partial charge is 0.319 e. The average molecular weight is 312 g/mol. The van der Waals surface area contributed by atoms with Gasteiger partial charge in [-0.25, -0.2) is 4.79 Å². The summed E-state index contributed by atoms with van der Waals surface area (Å²) < 4.78 is 0. The number of urea groups is 1. The van der Waals surface area contributed by atoms with Crippen LogP contribution < -0.4 is 10.6 Å². The maximum absolute atomic E-state index is 12.3. The molecular weight excluding hydrogens is 284 g/mol. The van der Waals surface area contributed by atoms with E-state index in [1.807, 2.05) is 19.1 Å². The fourth-order valence-corrected chi connectivity index (χ4v) is 5.89. The number of hydrogen-bond acceptors (Lipinski definition) is 1. The zero-order valence-electron chi connectivity index (χ0n) is 14.3. The first-order valence-electron chi connectivity index (χ1n) is 9.13. The summed E-state index contributed by atoms with van der Waals surface area (Å²) in [5.74, 6) is 2.81. The summed E-state index contributed by atoms with van der Waals surface area (Å²) in [4.78, 5) is 12.3. The summed E-state index contributed by atoms with van der Waals surface area (Å²) in [7, 11) is 0. The number of rotatable bonds is 3. The van der Waals surface area contributed by atoms with Crippen LogP contribution in [0.15, 0.2) is 18.2 Å². The van der Waals surface area contributed by atoms with Gasteiger partial charge in [0.1, 0.15) is 0 Å². The molecule has 4 aliphatic carbocycles. The van der Waals surface area contributed by atoms with Crippen LogP contribution in [0.5, 0.6) is 0 Å². The van der Waals surface area contributed by atoms with Crippen LogP contribution in [0.3, 0.4) is 0 Å². The van der Waals surface area contributed by atoms with E-state index in [1.54, 1.807) is 0 Å². The first kappa shape index (κ1) is 15.0. The van der Waals surface area contributed by atoms with Crippen molar-refractivity contribution in [2.75, 3.05) is 11.9 Å². The fraction of sp³-hybridized carbons (Fsp3) is 0.650. The third-order valence-electron chi connectivity index (χ3n) is 6.42. The molecular formula is C20H28N2O. The van der Waals surface area contributed by atoms with Crippen molar-refractivity contribution in [3.8, 4) is 0 Å². The van der Waals surface area contributed by atoms with Crippen molar-refractivity contribution >= 4 is 11.7 Å². The van der Waals surface area contributed by atoms with Crippen molar-refractivity contribution < 1.29 is 4.79 Å². The monoisotopic (exact) mass is 312 g/mol. The van der Waals surface area contributed by atoms with Gasteiger partial charge in [0.05, 0.1) is 0 Å². The fourth-order valence-electron chi connectivity index (χ4n) is 5.89. The molecule has 4 bridgehead atoms. The summed E-state index contributed by atoms with van der Waals surface area (Å²) in [6.45, 7) is 4.97. The number of hydrogen-bond donors (Lipinski definition) is 2. The van der Waals surface area contributed by atoms with Crippen LogP contribution in [0.4, 0.5) is 10.5 Å². The first-order valence-corrected chi connectivity index (χ1v) is 9.13. The summed E-state index contributed by atoms with van der Waals surface area (Å²) in [5, 5.41) is 6.20. The molecule has 0 aromatic heterocycles. The van der Waals surface area contributed by atoms with Gasteiger partial charge in [-0.2, -0.15) is 0 Å². The highest BCUT2D eigenvalue weighted by Crippen LogP contribution is 2.59. The quantitative estimate of drug-likeness (QED) is 0.838. The van der Waals surface area contributed by atoms with Crippen molar-refractivity contribution in [1.29, 1.82) is 0 Å². The van der Waals surface area contributed by atoms with Gasteiger partial charge < -0.3 is 10.6 Å². The maximum Gasteiger partial charge on any atom is 0.319 e. The minimum absolute atomic E-state index is 0.0484. The van der Waals surface area contributed by atoms with E-state index >= 15 is 0 Å². The van der Waals surface area contributed by atoms with Gasteiger partial charge in [0.25, 0.3) is 0 Å². The molecule has 0 saturated heterocycles. The van der Waals surface area contributed by atoms with Crippen LogP contribution in [0, 0.1) is 37.0 Å².